The highest BCUT2D eigenvalue weighted by atomic mass is 19.2. The highest BCUT2D eigenvalue weighted by Crippen LogP contribution is 2.23. The summed E-state index contributed by atoms with van der Waals surface area (Å²) in [7, 11) is 0. The molecule has 8 heteroatoms. The zero-order valence-corrected chi connectivity index (χ0v) is 9.65. The molecule has 0 aromatic carbocycles. The Morgan fingerprint density at radius 1 is 0.889 bits per heavy atom. The van der Waals surface area contributed by atoms with Crippen molar-refractivity contribution >= 4 is 0 Å². The average Bonchev–Trinajstić information content (AvgIpc) is 2.30. The molecular formula is C10H18F4O4. The van der Waals surface area contributed by atoms with Crippen LogP contribution in [0.4, 0.5) is 17.6 Å². The molecule has 0 saturated heterocycles. The number of hydrogen-bond acceptors (Lipinski definition) is 4. The SMILES string of the molecule is OC(C(F)C(F)C(F)CCCCCF)C(O)(O)O. The van der Waals surface area contributed by atoms with Crippen LogP contribution in [-0.2, 0) is 0 Å². The summed E-state index contributed by atoms with van der Waals surface area (Å²) in [5, 5.41) is 34.1. The summed E-state index contributed by atoms with van der Waals surface area (Å²) < 4.78 is 51.1. The molecule has 0 spiro atoms. The molecule has 0 radical (unpaired) electrons. The predicted molar refractivity (Wildman–Crippen MR) is 54.5 cm³/mol. The lowest BCUT2D eigenvalue weighted by Crippen LogP contribution is -2.52. The minimum Gasteiger partial charge on any atom is -0.382 e. The van der Waals surface area contributed by atoms with E-state index < -0.39 is 37.3 Å². The van der Waals surface area contributed by atoms with E-state index in [1.807, 2.05) is 0 Å². The van der Waals surface area contributed by atoms with Crippen LogP contribution in [0.25, 0.3) is 0 Å². The Labute approximate surface area is 102 Å². The topological polar surface area (TPSA) is 80.9 Å². The maximum absolute atomic E-state index is 13.2. The van der Waals surface area contributed by atoms with E-state index in [-0.39, 0.29) is 19.3 Å². The zero-order chi connectivity index (χ0) is 14.3. The normalized spacial score (nSPS) is 19.3. The number of aliphatic hydroxyl groups is 4. The van der Waals surface area contributed by atoms with Gasteiger partial charge in [-0.1, -0.05) is 12.8 Å². The third-order valence-electron chi connectivity index (χ3n) is 2.46. The predicted octanol–water partition coefficient (Wildman–Crippen LogP) is 0.522. The number of hydrogen-bond donors (Lipinski definition) is 4. The van der Waals surface area contributed by atoms with Gasteiger partial charge >= 0.3 is 5.97 Å². The fourth-order valence-electron chi connectivity index (χ4n) is 1.36. The van der Waals surface area contributed by atoms with Gasteiger partial charge in [0.15, 0.2) is 18.4 Å². The van der Waals surface area contributed by atoms with E-state index in [9.17, 15) is 17.6 Å². The van der Waals surface area contributed by atoms with E-state index in [0.717, 1.165) is 0 Å². The lowest BCUT2D eigenvalue weighted by molar-refractivity contribution is -0.365. The van der Waals surface area contributed by atoms with Crippen molar-refractivity contribution in [1.82, 2.24) is 0 Å². The van der Waals surface area contributed by atoms with Gasteiger partial charge < -0.3 is 20.4 Å². The molecule has 4 N–H and O–H groups in total. The molecule has 110 valence electrons. The van der Waals surface area contributed by atoms with Crippen LogP contribution >= 0.6 is 0 Å². The van der Waals surface area contributed by atoms with Crippen LogP contribution in [0.5, 0.6) is 0 Å². The molecule has 18 heavy (non-hydrogen) atoms. The second kappa shape index (κ2) is 7.88. The smallest absolute Gasteiger partial charge is 0.306 e. The van der Waals surface area contributed by atoms with Gasteiger partial charge in [-0.2, -0.15) is 0 Å². The maximum Gasteiger partial charge on any atom is 0.306 e. The first kappa shape index (κ1) is 17.6. The zero-order valence-electron chi connectivity index (χ0n) is 9.65. The number of unbranched alkanes of at least 4 members (excludes halogenated alkanes) is 2. The fourth-order valence-corrected chi connectivity index (χ4v) is 1.36. The Morgan fingerprint density at radius 3 is 1.89 bits per heavy atom. The number of halogens is 4. The summed E-state index contributed by atoms with van der Waals surface area (Å²) in [6.07, 6.45) is -10.7. The van der Waals surface area contributed by atoms with E-state index in [1.54, 1.807) is 0 Å². The molecule has 0 aliphatic rings. The Kier molecular flexibility index (Phi) is 7.69. The highest BCUT2D eigenvalue weighted by Gasteiger charge is 2.44. The fraction of sp³-hybridized carbons (Fsp3) is 1.00. The first-order valence-electron chi connectivity index (χ1n) is 5.55. The quantitative estimate of drug-likeness (QED) is 0.282. The van der Waals surface area contributed by atoms with Crippen molar-refractivity contribution in [3.63, 3.8) is 0 Å². The van der Waals surface area contributed by atoms with E-state index in [1.165, 1.54) is 0 Å². The van der Waals surface area contributed by atoms with Crippen LogP contribution < -0.4 is 0 Å². The molecular weight excluding hydrogens is 260 g/mol. The summed E-state index contributed by atoms with van der Waals surface area (Å²) in [6, 6.07) is 0. The standard InChI is InChI=1S/C10H18F4O4/c11-5-3-1-2-4-6(12)7(13)8(14)9(15)10(16,17)18/h6-9,15-18H,1-5H2. The summed E-state index contributed by atoms with van der Waals surface area (Å²) in [5.74, 6) is -3.84. The van der Waals surface area contributed by atoms with Crippen molar-refractivity contribution in [2.75, 3.05) is 6.67 Å². The molecule has 0 fully saturated rings. The van der Waals surface area contributed by atoms with Gasteiger partial charge in [0.1, 0.15) is 6.17 Å². The van der Waals surface area contributed by atoms with Gasteiger partial charge in [-0.3, -0.25) is 4.39 Å². The Hall–Kier alpha value is -0.440. The monoisotopic (exact) mass is 278 g/mol. The van der Waals surface area contributed by atoms with E-state index in [0.29, 0.717) is 6.42 Å². The highest BCUT2D eigenvalue weighted by molar-refractivity contribution is 4.85. The second-order valence-electron chi connectivity index (χ2n) is 4.08. The first-order valence-corrected chi connectivity index (χ1v) is 5.55. The molecule has 4 nitrogen and oxygen atoms in total. The van der Waals surface area contributed by atoms with Gasteiger partial charge in [0.2, 0.25) is 0 Å². The maximum atomic E-state index is 13.2. The van der Waals surface area contributed by atoms with E-state index in [4.69, 9.17) is 20.4 Å². The van der Waals surface area contributed by atoms with Crippen LogP contribution in [0, 0.1) is 0 Å². The summed E-state index contributed by atoms with van der Waals surface area (Å²) in [6.45, 7) is -0.581. The van der Waals surface area contributed by atoms with Gasteiger partial charge in [-0.25, -0.2) is 13.2 Å². The molecule has 0 aliphatic heterocycles. The minimum atomic E-state index is -3.84. The van der Waals surface area contributed by atoms with Crippen molar-refractivity contribution in [3.8, 4) is 0 Å². The van der Waals surface area contributed by atoms with Crippen LogP contribution in [0.2, 0.25) is 0 Å². The molecule has 0 aliphatic carbocycles. The van der Waals surface area contributed by atoms with E-state index >= 15 is 0 Å². The van der Waals surface area contributed by atoms with Gasteiger partial charge in [-0.15, -0.1) is 0 Å². The lowest BCUT2D eigenvalue weighted by Gasteiger charge is -2.27. The molecule has 4 atom stereocenters. The summed E-state index contributed by atoms with van der Waals surface area (Å²) in [4.78, 5) is 0. The van der Waals surface area contributed by atoms with Gasteiger partial charge in [0, 0.05) is 0 Å². The lowest BCUT2D eigenvalue weighted by atomic mass is 10.0. The Morgan fingerprint density at radius 2 is 1.44 bits per heavy atom. The minimum absolute atomic E-state index is 0.136. The third-order valence-corrected chi connectivity index (χ3v) is 2.46. The first-order chi connectivity index (χ1) is 8.21. The van der Waals surface area contributed by atoms with Crippen molar-refractivity contribution in [2.45, 2.75) is 56.3 Å². The van der Waals surface area contributed by atoms with Gasteiger partial charge in [0.25, 0.3) is 0 Å². The van der Waals surface area contributed by atoms with Crippen LogP contribution in [-0.4, -0.2) is 57.7 Å². The molecule has 4 unspecified atom stereocenters. The molecule has 0 bridgehead atoms. The van der Waals surface area contributed by atoms with Crippen molar-refractivity contribution in [3.05, 3.63) is 0 Å². The molecule has 0 amide bonds. The number of alkyl halides is 4. The van der Waals surface area contributed by atoms with Crippen molar-refractivity contribution < 1.29 is 38.0 Å². The molecule has 0 saturated carbocycles. The number of aliphatic hydroxyl groups excluding tert-OH is 1. The van der Waals surface area contributed by atoms with Crippen LogP contribution in [0.3, 0.4) is 0 Å². The molecule has 0 aromatic heterocycles. The Balaban J connectivity index is 4.15. The molecule has 0 heterocycles. The summed E-state index contributed by atoms with van der Waals surface area (Å²) >= 11 is 0. The third kappa shape index (κ3) is 5.94. The van der Waals surface area contributed by atoms with Gasteiger partial charge in [0.05, 0.1) is 6.67 Å². The van der Waals surface area contributed by atoms with Gasteiger partial charge in [-0.05, 0) is 12.8 Å². The molecule has 0 aromatic rings. The van der Waals surface area contributed by atoms with Crippen molar-refractivity contribution in [2.24, 2.45) is 0 Å². The van der Waals surface area contributed by atoms with Crippen LogP contribution in [0.1, 0.15) is 25.7 Å². The van der Waals surface area contributed by atoms with E-state index in [2.05, 4.69) is 0 Å². The number of rotatable bonds is 9. The second-order valence-corrected chi connectivity index (χ2v) is 4.08. The van der Waals surface area contributed by atoms with Crippen molar-refractivity contribution in [1.29, 1.82) is 0 Å². The van der Waals surface area contributed by atoms with Crippen LogP contribution in [0.15, 0.2) is 0 Å². The Bertz CT molecular complexity index is 224. The largest absolute Gasteiger partial charge is 0.382 e. The summed E-state index contributed by atoms with van der Waals surface area (Å²) in [5.41, 5.74) is 0. The average molecular weight is 278 g/mol. The molecule has 0 rings (SSSR count).